The van der Waals surface area contributed by atoms with Crippen molar-refractivity contribution >= 4 is 28.4 Å². The molecule has 0 bridgehead atoms. The molecule has 0 aliphatic heterocycles. The monoisotopic (exact) mass is 263 g/mol. The van der Waals surface area contributed by atoms with Crippen LogP contribution in [0.3, 0.4) is 0 Å². The van der Waals surface area contributed by atoms with E-state index in [9.17, 15) is 0 Å². The average Bonchev–Trinajstić information content (AvgIpc) is 2.93. The van der Waals surface area contributed by atoms with Crippen molar-refractivity contribution < 1.29 is 9.26 Å². The SMILES string of the molecule is COc1cc2c(-c3cc(N)on3)c[nH]c2cc1Cl. The first-order valence-electron chi connectivity index (χ1n) is 5.26. The van der Waals surface area contributed by atoms with Gasteiger partial charge in [0, 0.05) is 28.7 Å². The summed E-state index contributed by atoms with van der Waals surface area (Å²) >= 11 is 6.06. The van der Waals surface area contributed by atoms with Gasteiger partial charge < -0.3 is 20.0 Å². The van der Waals surface area contributed by atoms with Gasteiger partial charge in [0.1, 0.15) is 11.4 Å². The number of aromatic amines is 1. The summed E-state index contributed by atoms with van der Waals surface area (Å²) in [6.07, 6.45) is 1.83. The Bertz CT molecular complexity index is 717. The summed E-state index contributed by atoms with van der Waals surface area (Å²) < 4.78 is 10.1. The minimum absolute atomic E-state index is 0.278. The highest BCUT2D eigenvalue weighted by Crippen LogP contribution is 2.35. The van der Waals surface area contributed by atoms with Crippen molar-refractivity contribution in [3.8, 4) is 17.0 Å². The molecule has 0 atom stereocenters. The molecule has 1 aromatic carbocycles. The molecular formula is C12H10ClN3O2. The zero-order valence-corrected chi connectivity index (χ0v) is 10.3. The van der Waals surface area contributed by atoms with Gasteiger partial charge >= 0.3 is 0 Å². The third-order valence-corrected chi connectivity index (χ3v) is 3.05. The molecule has 0 spiro atoms. The van der Waals surface area contributed by atoms with E-state index in [2.05, 4.69) is 10.1 Å². The molecule has 0 aliphatic carbocycles. The van der Waals surface area contributed by atoms with Gasteiger partial charge in [-0.2, -0.15) is 0 Å². The number of nitrogens with zero attached hydrogens (tertiary/aromatic N) is 1. The predicted octanol–water partition coefficient (Wildman–Crippen LogP) is 3.07. The molecule has 0 unspecified atom stereocenters. The normalized spacial score (nSPS) is 11.0. The van der Waals surface area contributed by atoms with Gasteiger partial charge in [0.25, 0.3) is 0 Å². The van der Waals surface area contributed by atoms with Crippen LogP contribution in [0.2, 0.25) is 5.02 Å². The van der Waals surface area contributed by atoms with Gasteiger partial charge in [-0.25, -0.2) is 0 Å². The number of halogens is 1. The van der Waals surface area contributed by atoms with E-state index in [1.165, 1.54) is 0 Å². The van der Waals surface area contributed by atoms with Gasteiger partial charge in [0.15, 0.2) is 0 Å². The summed E-state index contributed by atoms with van der Waals surface area (Å²) in [7, 11) is 1.58. The van der Waals surface area contributed by atoms with Crippen molar-refractivity contribution in [3.05, 3.63) is 29.4 Å². The number of nitrogens with two attached hydrogens (primary N) is 1. The van der Waals surface area contributed by atoms with Crippen LogP contribution in [0.15, 0.2) is 28.9 Å². The standard InChI is InChI=1S/C12H10ClN3O2/c1-17-11-2-6-7(10-4-12(14)18-16-10)5-15-9(6)3-8(11)13/h2-5,15H,14H2,1H3. The average molecular weight is 264 g/mol. The van der Waals surface area contributed by atoms with Crippen LogP contribution in [-0.2, 0) is 0 Å². The Morgan fingerprint density at radius 1 is 1.39 bits per heavy atom. The van der Waals surface area contributed by atoms with Crippen LogP contribution in [0, 0.1) is 0 Å². The minimum Gasteiger partial charge on any atom is -0.495 e. The van der Waals surface area contributed by atoms with Crippen molar-refractivity contribution in [1.82, 2.24) is 10.1 Å². The first-order valence-corrected chi connectivity index (χ1v) is 5.64. The molecule has 6 heteroatoms. The van der Waals surface area contributed by atoms with Crippen LogP contribution >= 0.6 is 11.6 Å². The van der Waals surface area contributed by atoms with Gasteiger partial charge in [-0.3, -0.25) is 0 Å². The fourth-order valence-electron chi connectivity index (χ4n) is 1.91. The highest BCUT2D eigenvalue weighted by atomic mass is 35.5. The van der Waals surface area contributed by atoms with E-state index >= 15 is 0 Å². The lowest BCUT2D eigenvalue weighted by molar-refractivity contribution is 0.415. The molecular weight excluding hydrogens is 254 g/mol. The quantitative estimate of drug-likeness (QED) is 0.745. The molecule has 0 saturated carbocycles. The summed E-state index contributed by atoms with van der Waals surface area (Å²) in [5, 5.41) is 5.39. The molecule has 0 radical (unpaired) electrons. The molecule has 3 N–H and O–H groups in total. The predicted molar refractivity (Wildman–Crippen MR) is 69.8 cm³/mol. The molecule has 0 saturated heterocycles. The van der Waals surface area contributed by atoms with Crippen molar-refractivity contribution in [1.29, 1.82) is 0 Å². The van der Waals surface area contributed by atoms with Gasteiger partial charge in [0.2, 0.25) is 5.88 Å². The minimum atomic E-state index is 0.278. The summed E-state index contributed by atoms with van der Waals surface area (Å²) in [6.45, 7) is 0. The van der Waals surface area contributed by atoms with Gasteiger partial charge in [0.05, 0.1) is 12.1 Å². The fraction of sp³-hybridized carbons (Fsp3) is 0.0833. The van der Waals surface area contributed by atoms with Crippen LogP contribution in [-0.4, -0.2) is 17.3 Å². The number of anilines is 1. The van der Waals surface area contributed by atoms with E-state index in [1.807, 2.05) is 18.3 Å². The highest BCUT2D eigenvalue weighted by molar-refractivity contribution is 6.33. The molecule has 0 fully saturated rings. The highest BCUT2D eigenvalue weighted by Gasteiger charge is 2.13. The second kappa shape index (κ2) is 3.96. The zero-order chi connectivity index (χ0) is 12.7. The van der Waals surface area contributed by atoms with Crippen LogP contribution < -0.4 is 10.5 Å². The molecule has 5 nitrogen and oxygen atoms in total. The van der Waals surface area contributed by atoms with Crippen LogP contribution in [0.25, 0.3) is 22.2 Å². The molecule has 92 valence electrons. The van der Waals surface area contributed by atoms with Crippen LogP contribution in [0.4, 0.5) is 5.88 Å². The molecule has 3 aromatic rings. The number of ether oxygens (including phenoxy) is 1. The summed E-state index contributed by atoms with van der Waals surface area (Å²) in [4.78, 5) is 3.13. The van der Waals surface area contributed by atoms with Gasteiger partial charge in [-0.1, -0.05) is 16.8 Å². The second-order valence-corrected chi connectivity index (χ2v) is 4.26. The third-order valence-electron chi connectivity index (χ3n) is 2.76. The van der Waals surface area contributed by atoms with Crippen LogP contribution in [0.1, 0.15) is 0 Å². The maximum atomic E-state index is 6.06. The first-order chi connectivity index (χ1) is 8.69. The number of nitrogen functional groups attached to an aromatic ring is 1. The summed E-state index contributed by atoms with van der Waals surface area (Å²) in [5.41, 5.74) is 7.98. The molecule has 3 rings (SSSR count). The Balaban J connectivity index is 2.25. The molecule has 0 amide bonds. The number of fused-ring (bicyclic) bond motifs is 1. The number of aromatic nitrogens is 2. The zero-order valence-electron chi connectivity index (χ0n) is 9.53. The second-order valence-electron chi connectivity index (χ2n) is 3.85. The molecule has 2 heterocycles. The number of hydrogen-bond donors (Lipinski definition) is 2. The molecule has 0 aliphatic rings. The lowest BCUT2D eigenvalue weighted by atomic mass is 10.1. The van der Waals surface area contributed by atoms with Crippen molar-refractivity contribution in [2.75, 3.05) is 12.8 Å². The topological polar surface area (TPSA) is 77.1 Å². The maximum Gasteiger partial charge on any atom is 0.222 e. The smallest absolute Gasteiger partial charge is 0.222 e. The lowest BCUT2D eigenvalue weighted by Crippen LogP contribution is -1.84. The number of hydrogen-bond acceptors (Lipinski definition) is 4. The third kappa shape index (κ3) is 1.60. The van der Waals surface area contributed by atoms with E-state index < -0.39 is 0 Å². The number of benzene rings is 1. The van der Waals surface area contributed by atoms with E-state index in [4.69, 9.17) is 26.6 Å². The van der Waals surface area contributed by atoms with E-state index in [0.29, 0.717) is 16.5 Å². The summed E-state index contributed by atoms with van der Waals surface area (Å²) in [5.74, 6) is 0.891. The Kier molecular flexibility index (Phi) is 2.41. The largest absolute Gasteiger partial charge is 0.495 e. The number of nitrogens with one attached hydrogen (secondary N) is 1. The Labute approximate surface area is 107 Å². The van der Waals surface area contributed by atoms with Gasteiger partial charge in [-0.15, -0.1) is 0 Å². The Morgan fingerprint density at radius 3 is 2.89 bits per heavy atom. The Morgan fingerprint density at radius 2 is 2.22 bits per heavy atom. The Hall–Kier alpha value is -2.14. The maximum absolute atomic E-state index is 6.06. The van der Waals surface area contributed by atoms with E-state index in [1.54, 1.807) is 13.2 Å². The first kappa shape index (κ1) is 11.0. The lowest BCUT2D eigenvalue weighted by Gasteiger charge is -2.03. The van der Waals surface area contributed by atoms with E-state index in [-0.39, 0.29) is 5.88 Å². The number of H-pyrrole nitrogens is 1. The van der Waals surface area contributed by atoms with Crippen molar-refractivity contribution in [2.45, 2.75) is 0 Å². The number of rotatable bonds is 2. The van der Waals surface area contributed by atoms with E-state index in [0.717, 1.165) is 16.5 Å². The fourth-order valence-corrected chi connectivity index (χ4v) is 2.15. The van der Waals surface area contributed by atoms with Crippen molar-refractivity contribution in [2.24, 2.45) is 0 Å². The summed E-state index contributed by atoms with van der Waals surface area (Å²) in [6, 6.07) is 5.33. The molecule has 18 heavy (non-hydrogen) atoms. The van der Waals surface area contributed by atoms with Crippen LogP contribution in [0.5, 0.6) is 5.75 Å². The number of methoxy groups -OCH3 is 1. The van der Waals surface area contributed by atoms with Gasteiger partial charge in [-0.05, 0) is 12.1 Å². The van der Waals surface area contributed by atoms with Crippen molar-refractivity contribution in [3.63, 3.8) is 0 Å². The molecule has 2 aromatic heterocycles.